The number of rotatable bonds is 13. The van der Waals surface area contributed by atoms with E-state index in [1.54, 1.807) is 12.1 Å². The minimum absolute atomic E-state index is 0.0415. The standard InChI is InChI=1S/C36H54F2N4O/c1-24(2)36(40-23-34-30(38)18-20-32(42-34)28-15-11-7-8-12-16-28)35(43)21-25(3)26(4)39-22-33-29(37)17-19-31(41-33)27-13-9-5-6-10-14-27/h13,17-20,24-26,28,35-36,39-40,43H,5-12,14-16,21-23H2,1-4H3/t25?,26?,35-,36-/m1/s1. The van der Waals surface area contributed by atoms with Gasteiger partial charge in [-0.2, -0.15) is 0 Å². The molecule has 4 atom stereocenters. The third-order valence-corrected chi connectivity index (χ3v) is 9.70. The Labute approximate surface area is 258 Å². The first-order valence-electron chi connectivity index (χ1n) is 16.9. The molecule has 0 aromatic carbocycles. The van der Waals surface area contributed by atoms with E-state index in [0.717, 1.165) is 43.5 Å². The van der Waals surface area contributed by atoms with Crippen molar-refractivity contribution in [2.45, 2.75) is 142 Å². The van der Waals surface area contributed by atoms with Crippen molar-refractivity contribution < 1.29 is 13.9 Å². The van der Waals surface area contributed by atoms with Crippen molar-refractivity contribution in [2.75, 3.05) is 0 Å². The van der Waals surface area contributed by atoms with Gasteiger partial charge in [0, 0.05) is 36.8 Å². The molecule has 4 rings (SSSR count). The zero-order chi connectivity index (χ0) is 30.8. The first-order chi connectivity index (χ1) is 20.7. The van der Waals surface area contributed by atoms with Gasteiger partial charge in [-0.25, -0.2) is 13.8 Å². The molecular weight excluding hydrogens is 542 g/mol. The molecule has 2 aliphatic rings. The van der Waals surface area contributed by atoms with Gasteiger partial charge in [-0.3, -0.25) is 4.98 Å². The summed E-state index contributed by atoms with van der Waals surface area (Å²) >= 11 is 0. The highest BCUT2D eigenvalue weighted by molar-refractivity contribution is 5.62. The molecule has 1 saturated carbocycles. The maximum atomic E-state index is 14.8. The monoisotopic (exact) mass is 596 g/mol. The Morgan fingerprint density at radius 1 is 0.814 bits per heavy atom. The van der Waals surface area contributed by atoms with Crippen LogP contribution in [0, 0.1) is 23.5 Å². The average Bonchev–Trinajstić information content (AvgIpc) is 3.43. The molecule has 3 N–H and O–H groups in total. The molecule has 0 spiro atoms. The number of nitrogens with one attached hydrogen (secondary N) is 2. The summed E-state index contributed by atoms with van der Waals surface area (Å²) in [6.07, 6.45) is 15.0. The highest BCUT2D eigenvalue weighted by Crippen LogP contribution is 2.31. The first kappa shape index (κ1) is 33.7. The van der Waals surface area contributed by atoms with Crippen LogP contribution in [0.4, 0.5) is 8.78 Å². The average molecular weight is 597 g/mol. The van der Waals surface area contributed by atoms with E-state index in [4.69, 9.17) is 4.98 Å². The number of aliphatic hydroxyl groups excluding tert-OH is 1. The topological polar surface area (TPSA) is 70.1 Å². The smallest absolute Gasteiger partial charge is 0.146 e. The van der Waals surface area contributed by atoms with Gasteiger partial charge in [0.15, 0.2) is 0 Å². The Balaban J connectivity index is 1.32. The summed E-state index contributed by atoms with van der Waals surface area (Å²) in [7, 11) is 0. The van der Waals surface area contributed by atoms with Gasteiger partial charge < -0.3 is 15.7 Å². The molecule has 2 unspecified atom stereocenters. The normalized spacial score (nSPS) is 19.8. The van der Waals surface area contributed by atoms with Crippen molar-refractivity contribution in [1.29, 1.82) is 0 Å². The Morgan fingerprint density at radius 3 is 2.19 bits per heavy atom. The van der Waals surface area contributed by atoms with Crippen molar-refractivity contribution in [1.82, 2.24) is 20.6 Å². The predicted octanol–water partition coefficient (Wildman–Crippen LogP) is 8.22. The van der Waals surface area contributed by atoms with Crippen LogP contribution in [0.1, 0.15) is 133 Å². The fraction of sp³-hybridized carbons (Fsp3) is 0.667. The van der Waals surface area contributed by atoms with Gasteiger partial charge in [0.25, 0.3) is 0 Å². The van der Waals surface area contributed by atoms with Crippen LogP contribution in [0.15, 0.2) is 30.3 Å². The number of pyridine rings is 2. The number of hydrogen-bond acceptors (Lipinski definition) is 5. The molecule has 238 valence electrons. The number of hydrogen-bond donors (Lipinski definition) is 3. The maximum absolute atomic E-state index is 14.8. The van der Waals surface area contributed by atoms with Gasteiger partial charge in [-0.05, 0) is 93.5 Å². The quantitative estimate of drug-likeness (QED) is 0.203. The van der Waals surface area contributed by atoms with Crippen LogP contribution >= 0.6 is 0 Å². The minimum atomic E-state index is -0.618. The molecule has 0 amide bonds. The summed E-state index contributed by atoms with van der Waals surface area (Å²) in [5.41, 5.74) is 3.97. The Bertz CT molecular complexity index is 1180. The molecule has 2 aliphatic carbocycles. The molecule has 0 saturated heterocycles. The molecule has 5 nitrogen and oxygen atoms in total. The number of aromatic nitrogens is 2. The molecule has 0 aliphatic heterocycles. The van der Waals surface area contributed by atoms with E-state index in [1.807, 2.05) is 6.07 Å². The lowest BCUT2D eigenvalue weighted by molar-refractivity contribution is 0.0763. The van der Waals surface area contributed by atoms with Crippen LogP contribution in [-0.2, 0) is 13.1 Å². The van der Waals surface area contributed by atoms with E-state index >= 15 is 0 Å². The second-order valence-corrected chi connectivity index (χ2v) is 13.4. The largest absolute Gasteiger partial charge is 0.391 e. The lowest BCUT2D eigenvalue weighted by Gasteiger charge is -2.31. The molecule has 0 bridgehead atoms. The second-order valence-electron chi connectivity index (χ2n) is 13.4. The fourth-order valence-electron chi connectivity index (χ4n) is 6.68. The van der Waals surface area contributed by atoms with Crippen LogP contribution in [0.25, 0.3) is 5.57 Å². The molecule has 2 heterocycles. The molecule has 7 heteroatoms. The summed E-state index contributed by atoms with van der Waals surface area (Å²) in [6, 6.07) is 6.58. The van der Waals surface area contributed by atoms with Crippen molar-refractivity contribution in [3.63, 3.8) is 0 Å². The van der Waals surface area contributed by atoms with E-state index in [-0.39, 0.29) is 42.1 Å². The molecule has 2 aromatic rings. The van der Waals surface area contributed by atoms with Crippen LogP contribution < -0.4 is 10.6 Å². The second kappa shape index (κ2) is 16.7. The van der Waals surface area contributed by atoms with Gasteiger partial charge >= 0.3 is 0 Å². The highest BCUT2D eigenvalue weighted by atomic mass is 19.1. The molecule has 2 aromatic heterocycles. The zero-order valence-corrected chi connectivity index (χ0v) is 26.8. The fourth-order valence-corrected chi connectivity index (χ4v) is 6.68. The highest BCUT2D eigenvalue weighted by Gasteiger charge is 2.27. The van der Waals surface area contributed by atoms with Crippen LogP contribution in [0.5, 0.6) is 0 Å². The zero-order valence-electron chi connectivity index (χ0n) is 26.8. The minimum Gasteiger partial charge on any atom is -0.391 e. The van der Waals surface area contributed by atoms with Crippen LogP contribution in [-0.4, -0.2) is 33.3 Å². The Morgan fingerprint density at radius 2 is 1.47 bits per heavy atom. The SMILES string of the molecule is CC(C[C@@H](O)[C@H](NCc1nc(C2CCCCCC2)ccc1F)C(C)C)C(C)NCc1nc(C2=CCCCCC2)ccc1F. The molecule has 43 heavy (non-hydrogen) atoms. The van der Waals surface area contributed by atoms with E-state index in [2.05, 4.69) is 49.4 Å². The van der Waals surface area contributed by atoms with E-state index < -0.39 is 6.10 Å². The summed E-state index contributed by atoms with van der Waals surface area (Å²) in [5.74, 6) is 0.0927. The summed E-state index contributed by atoms with van der Waals surface area (Å²) < 4.78 is 29.5. The van der Waals surface area contributed by atoms with E-state index in [1.165, 1.54) is 50.2 Å². The lowest BCUT2D eigenvalue weighted by Crippen LogP contribution is -2.46. The first-order valence-corrected chi connectivity index (χ1v) is 16.9. The number of aliphatic hydroxyl groups is 1. The Kier molecular flexibility index (Phi) is 13.1. The molecule has 0 radical (unpaired) electrons. The molecular formula is C36H54F2N4O. The summed E-state index contributed by atoms with van der Waals surface area (Å²) in [4.78, 5) is 9.43. The van der Waals surface area contributed by atoms with Gasteiger partial charge in [-0.1, -0.05) is 59.0 Å². The lowest BCUT2D eigenvalue weighted by atomic mass is 9.89. The maximum Gasteiger partial charge on any atom is 0.146 e. The molecule has 1 fully saturated rings. The number of allylic oxidation sites excluding steroid dienone is 2. The van der Waals surface area contributed by atoms with Gasteiger partial charge in [0.1, 0.15) is 11.6 Å². The van der Waals surface area contributed by atoms with E-state index in [9.17, 15) is 13.9 Å². The van der Waals surface area contributed by atoms with Gasteiger partial charge in [-0.15, -0.1) is 0 Å². The third-order valence-electron chi connectivity index (χ3n) is 9.70. The van der Waals surface area contributed by atoms with Crippen molar-refractivity contribution in [2.24, 2.45) is 11.8 Å². The third kappa shape index (κ3) is 9.89. The van der Waals surface area contributed by atoms with Gasteiger partial charge in [0.2, 0.25) is 0 Å². The van der Waals surface area contributed by atoms with Crippen molar-refractivity contribution in [3.8, 4) is 0 Å². The van der Waals surface area contributed by atoms with E-state index in [0.29, 0.717) is 30.3 Å². The number of nitrogens with zero attached hydrogens (tertiary/aromatic N) is 2. The van der Waals surface area contributed by atoms with Crippen molar-refractivity contribution >= 4 is 5.57 Å². The summed E-state index contributed by atoms with van der Waals surface area (Å²) in [6.45, 7) is 8.94. The Hall–Kier alpha value is -2.22. The van der Waals surface area contributed by atoms with Crippen LogP contribution in [0.3, 0.4) is 0 Å². The number of halogens is 2. The summed E-state index contributed by atoms with van der Waals surface area (Å²) in [5, 5.41) is 18.2. The van der Waals surface area contributed by atoms with Crippen LogP contribution in [0.2, 0.25) is 0 Å². The predicted molar refractivity (Wildman–Crippen MR) is 171 cm³/mol. The van der Waals surface area contributed by atoms with Crippen molar-refractivity contribution in [3.05, 3.63) is 64.8 Å². The van der Waals surface area contributed by atoms with Gasteiger partial charge in [0.05, 0.1) is 23.2 Å².